The molecule has 0 bridgehead atoms. The molecule has 1 unspecified atom stereocenters. The van der Waals surface area contributed by atoms with E-state index in [1.54, 1.807) is 6.20 Å². The maximum Gasteiger partial charge on any atom is 0.135 e. The number of nitrogens with two attached hydrogens (primary N) is 1. The van der Waals surface area contributed by atoms with Gasteiger partial charge in [-0.2, -0.15) is 0 Å². The first kappa shape index (κ1) is 10.0. The molecule has 1 aromatic carbocycles. The minimum atomic E-state index is -0.172. The van der Waals surface area contributed by atoms with Gasteiger partial charge in [0.25, 0.3) is 0 Å². The van der Waals surface area contributed by atoms with Gasteiger partial charge in [-0.15, -0.1) is 0 Å². The zero-order chi connectivity index (χ0) is 10.7. The predicted octanol–water partition coefficient (Wildman–Crippen LogP) is 0.664. The largest absolute Gasteiger partial charge is 0.396 e. The van der Waals surface area contributed by atoms with Gasteiger partial charge in [-0.05, 0) is 6.07 Å². The fraction of sp³-hybridized carbons (Fsp3) is 0.273. The van der Waals surface area contributed by atoms with E-state index in [0.717, 1.165) is 10.9 Å². The van der Waals surface area contributed by atoms with Gasteiger partial charge in [0.05, 0.1) is 18.0 Å². The maximum atomic E-state index is 9.09. The van der Waals surface area contributed by atoms with Crippen LogP contribution in [-0.2, 0) is 0 Å². The maximum absolute atomic E-state index is 9.09. The second-order valence-electron chi connectivity index (χ2n) is 3.40. The monoisotopic (exact) mass is 203 g/mol. The van der Waals surface area contributed by atoms with Crippen molar-refractivity contribution in [1.82, 2.24) is 9.97 Å². The summed E-state index contributed by atoms with van der Waals surface area (Å²) in [5.41, 5.74) is 6.40. The Bertz CT molecular complexity index is 454. The van der Waals surface area contributed by atoms with Crippen molar-refractivity contribution < 1.29 is 5.11 Å². The van der Waals surface area contributed by atoms with Crippen LogP contribution >= 0.6 is 0 Å². The lowest BCUT2D eigenvalue weighted by molar-refractivity contribution is 0.263. The Morgan fingerprint density at radius 2 is 2.13 bits per heavy atom. The van der Waals surface area contributed by atoms with Crippen molar-refractivity contribution in [3.8, 4) is 0 Å². The van der Waals surface area contributed by atoms with Gasteiger partial charge >= 0.3 is 0 Å². The Hall–Kier alpha value is -1.52. The van der Waals surface area contributed by atoms with Crippen LogP contribution < -0.4 is 5.73 Å². The van der Waals surface area contributed by atoms with E-state index in [0.29, 0.717) is 12.4 Å². The van der Waals surface area contributed by atoms with Crippen molar-refractivity contribution in [2.45, 2.75) is 5.92 Å². The smallest absolute Gasteiger partial charge is 0.135 e. The molecule has 78 valence electrons. The van der Waals surface area contributed by atoms with Crippen LogP contribution in [0.1, 0.15) is 11.7 Å². The first-order chi connectivity index (χ1) is 7.35. The molecule has 15 heavy (non-hydrogen) atoms. The first-order valence-corrected chi connectivity index (χ1v) is 4.87. The second kappa shape index (κ2) is 4.33. The Morgan fingerprint density at radius 3 is 2.87 bits per heavy atom. The third-order valence-corrected chi connectivity index (χ3v) is 2.38. The summed E-state index contributed by atoms with van der Waals surface area (Å²) in [6, 6.07) is 7.74. The Morgan fingerprint density at radius 1 is 1.33 bits per heavy atom. The number of benzene rings is 1. The van der Waals surface area contributed by atoms with E-state index in [1.165, 1.54) is 0 Å². The van der Waals surface area contributed by atoms with E-state index >= 15 is 0 Å². The lowest BCUT2D eigenvalue weighted by Crippen LogP contribution is -2.18. The van der Waals surface area contributed by atoms with Gasteiger partial charge in [0.2, 0.25) is 0 Å². The molecule has 0 aliphatic rings. The molecule has 0 fully saturated rings. The normalized spacial score (nSPS) is 12.9. The molecule has 4 nitrogen and oxygen atoms in total. The number of fused-ring (bicyclic) bond motifs is 1. The average Bonchev–Trinajstić information content (AvgIpc) is 2.30. The quantitative estimate of drug-likeness (QED) is 0.768. The first-order valence-electron chi connectivity index (χ1n) is 4.87. The third-order valence-electron chi connectivity index (χ3n) is 2.38. The highest BCUT2D eigenvalue weighted by Crippen LogP contribution is 2.14. The van der Waals surface area contributed by atoms with Gasteiger partial charge in [0.1, 0.15) is 5.82 Å². The fourth-order valence-electron chi connectivity index (χ4n) is 1.44. The van der Waals surface area contributed by atoms with E-state index in [2.05, 4.69) is 9.97 Å². The van der Waals surface area contributed by atoms with E-state index in [-0.39, 0.29) is 12.5 Å². The minimum absolute atomic E-state index is 0.0190. The van der Waals surface area contributed by atoms with Crippen molar-refractivity contribution in [2.24, 2.45) is 5.73 Å². The number of aliphatic hydroxyl groups excluding tert-OH is 1. The molecule has 0 amide bonds. The fourth-order valence-corrected chi connectivity index (χ4v) is 1.44. The van der Waals surface area contributed by atoms with Crippen molar-refractivity contribution in [2.75, 3.05) is 13.2 Å². The van der Waals surface area contributed by atoms with Crippen LogP contribution in [0.25, 0.3) is 10.9 Å². The third kappa shape index (κ3) is 1.95. The molecule has 1 atom stereocenters. The standard InChI is InChI=1S/C11H13N3O/c12-5-9(7-15)11-13-6-8-3-1-2-4-10(8)14-11/h1-4,6,9,15H,5,7,12H2. The van der Waals surface area contributed by atoms with E-state index < -0.39 is 0 Å². The molecule has 0 spiro atoms. The highest BCUT2D eigenvalue weighted by atomic mass is 16.3. The molecule has 0 aliphatic carbocycles. The van der Waals surface area contributed by atoms with Crippen molar-refractivity contribution in [3.63, 3.8) is 0 Å². The predicted molar refractivity (Wildman–Crippen MR) is 58.4 cm³/mol. The van der Waals surface area contributed by atoms with Crippen LogP contribution in [0.3, 0.4) is 0 Å². The molecular formula is C11H13N3O. The van der Waals surface area contributed by atoms with Crippen molar-refractivity contribution in [1.29, 1.82) is 0 Å². The van der Waals surface area contributed by atoms with Crippen LogP contribution in [0, 0.1) is 0 Å². The highest BCUT2D eigenvalue weighted by Gasteiger charge is 2.11. The molecule has 4 heteroatoms. The molecule has 1 heterocycles. The summed E-state index contributed by atoms with van der Waals surface area (Å²) < 4.78 is 0. The van der Waals surface area contributed by atoms with E-state index in [4.69, 9.17) is 10.8 Å². The summed E-state index contributed by atoms with van der Waals surface area (Å²) in [4.78, 5) is 8.56. The molecule has 2 aromatic rings. The summed E-state index contributed by atoms with van der Waals surface area (Å²) in [6.07, 6.45) is 1.76. The molecule has 0 radical (unpaired) electrons. The Kier molecular flexibility index (Phi) is 2.89. The van der Waals surface area contributed by atoms with Crippen molar-refractivity contribution in [3.05, 3.63) is 36.3 Å². The topological polar surface area (TPSA) is 72.0 Å². The zero-order valence-corrected chi connectivity index (χ0v) is 8.30. The SMILES string of the molecule is NCC(CO)c1ncc2ccccc2n1. The van der Waals surface area contributed by atoms with Crippen LogP contribution in [0.5, 0.6) is 0 Å². The van der Waals surface area contributed by atoms with Crippen LogP contribution in [-0.4, -0.2) is 28.2 Å². The van der Waals surface area contributed by atoms with Crippen LogP contribution in [0.4, 0.5) is 0 Å². The lowest BCUT2D eigenvalue weighted by atomic mass is 10.1. The van der Waals surface area contributed by atoms with E-state index in [1.807, 2.05) is 24.3 Å². The van der Waals surface area contributed by atoms with Gasteiger partial charge < -0.3 is 10.8 Å². The second-order valence-corrected chi connectivity index (χ2v) is 3.40. The Labute approximate surface area is 87.8 Å². The molecular weight excluding hydrogens is 190 g/mol. The van der Waals surface area contributed by atoms with Crippen LogP contribution in [0.15, 0.2) is 30.5 Å². The van der Waals surface area contributed by atoms with Crippen molar-refractivity contribution >= 4 is 10.9 Å². The average molecular weight is 203 g/mol. The molecule has 3 N–H and O–H groups in total. The molecule has 1 aromatic heterocycles. The summed E-state index contributed by atoms with van der Waals surface area (Å²) in [6.45, 7) is 0.337. The van der Waals surface area contributed by atoms with Gasteiger partial charge in [0, 0.05) is 18.1 Å². The zero-order valence-electron chi connectivity index (χ0n) is 8.30. The summed E-state index contributed by atoms with van der Waals surface area (Å²) >= 11 is 0. The number of aliphatic hydroxyl groups is 1. The van der Waals surface area contributed by atoms with Gasteiger partial charge in [-0.1, -0.05) is 18.2 Å². The summed E-state index contributed by atoms with van der Waals surface area (Å²) in [7, 11) is 0. The summed E-state index contributed by atoms with van der Waals surface area (Å²) in [5.74, 6) is 0.438. The number of para-hydroxylation sites is 1. The number of rotatable bonds is 3. The lowest BCUT2D eigenvalue weighted by Gasteiger charge is -2.09. The number of hydrogen-bond acceptors (Lipinski definition) is 4. The molecule has 2 rings (SSSR count). The van der Waals surface area contributed by atoms with Crippen LogP contribution in [0.2, 0.25) is 0 Å². The molecule has 0 aliphatic heterocycles. The number of hydrogen-bond donors (Lipinski definition) is 2. The van der Waals surface area contributed by atoms with E-state index in [9.17, 15) is 0 Å². The Balaban J connectivity index is 2.46. The highest BCUT2D eigenvalue weighted by molar-refractivity contribution is 5.77. The van der Waals surface area contributed by atoms with Gasteiger partial charge in [0.15, 0.2) is 0 Å². The molecule has 0 saturated carbocycles. The van der Waals surface area contributed by atoms with Gasteiger partial charge in [-0.3, -0.25) is 0 Å². The minimum Gasteiger partial charge on any atom is -0.396 e. The summed E-state index contributed by atoms with van der Waals surface area (Å²) in [5, 5.41) is 10.1. The number of nitrogens with zero attached hydrogens (tertiary/aromatic N) is 2. The number of aromatic nitrogens is 2. The van der Waals surface area contributed by atoms with Gasteiger partial charge in [-0.25, -0.2) is 9.97 Å². The molecule has 0 saturated heterocycles.